The number of carbonyl (C=O) groups excluding carboxylic acids is 1. The second-order valence-electron chi connectivity index (χ2n) is 6.78. The van der Waals surface area contributed by atoms with Crippen molar-refractivity contribution >= 4 is 27.1 Å². The molecule has 2 aromatic rings. The number of primary sulfonamides is 1. The van der Waals surface area contributed by atoms with Crippen molar-refractivity contribution in [3.05, 3.63) is 53.6 Å². The predicted molar refractivity (Wildman–Crippen MR) is 97.4 cm³/mol. The van der Waals surface area contributed by atoms with Crippen LogP contribution in [0.1, 0.15) is 25.0 Å². The normalized spacial score (nSPS) is 18.0. The topological polar surface area (TPSA) is 105 Å². The van der Waals surface area contributed by atoms with Crippen LogP contribution in [-0.2, 0) is 19.6 Å². The Labute approximate surface area is 156 Å². The number of ether oxygens (including phenoxy) is 3. The molecule has 27 heavy (non-hydrogen) atoms. The maximum atomic E-state index is 13.0. The van der Waals surface area contributed by atoms with Crippen molar-refractivity contribution in [1.29, 1.82) is 0 Å². The quantitative estimate of drug-likeness (QED) is 0.866. The molecule has 8 heteroatoms. The van der Waals surface area contributed by atoms with E-state index in [2.05, 4.69) is 0 Å². The number of benzene rings is 2. The highest BCUT2D eigenvalue weighted by Gasteiger charge is 2.43. The predicted octanol–water partition coefficient (Wildman–Crippen LogP) is 2.31. The van der Waals surface area contributed by atoms with Crippen molar-refractivity contribution < 1.29 is 27.4 Å². The molecular weight excluding hydrogens is 370 g/mol. The molecule has 0 fully saturated rings. The van der Waals surface area contributed by atoms with E-state index >= 15 is 0 Å². The first-order valence-corrected chi connectivity index (χ1v) is 9.73. The third kappa shape index (κ3) is 2.96. The first-order valence-electron chi connectivity index (χ1n) is 8.18. The van der Waals surface area contributed by atoms with E-state index in [1.807, 2.05) is 0 Å². The zero-order chi connectivity index (χ0) is 19.4. The number of fused-ring (bicyclic) bond motifs is 1. The van der Waals surface area contributed by atoms with E-state index in [4.69, 9.17) is 19.3 Å². The summed E-state index contributed by atoms with van der Waals surface area (Å²) in [6.07, 6.45) is 0. The molecule has 0 saturated heterocycles. The van der Waals surface area contributed by atoms with Crippen LogP contribution < -0.4 is 14.6 Å². The number of hydrogen-bond acceptors (Lipinski definition) is 6. The summed E-state index contributed by atoms with van der Waals surface area (Å²) in [6, 6.07) is 11.1. The molecule has 0 atom stereocenters. The molecule has 2 heterocycles. The summed E-state index contributed by atoms with van der Waals surface area (Å²) in [6.45, 7) is 3.51. The van der Waals surface area contributed by atoms with Crippen LogP contribution >= 0.6 is 0 Å². The van der Waals surface area contributed by atoms with E-state index in [-0.39, 0.29) is 17.5 Å². The number of Topliss-reactive ketones (excluding diaryl/α,β-unsaturated/α-hetero) is 1. The lowest BCUT2D eigenvalue weighted by Gasteiger charge is -2.17. The number of sulfonamides is 1. The molecule has 4 rings (SSSR count). The van der Waals surface area contributed by atoms with Gasteiger partial charge in [0.05, 0.1) is 10.5 Å². The molecule has 0 bridgehead atoms. The van der Waals surface area contributed by atoms with Gasteiger partial charge in [0.2, 0.25) is 22.6 Å². The number of rotatable bonds is 3. The number of nitrogens with two attached hydrogens (primary N) is 1. The highest BCUT2D eigenvalue weighted by molar-refractivity contribution is 7.89. The molecule has 2 N–H and O–H groups in total. The molecule has 0 radical (unpaired) electrons. The largest absolute Gasteiger partial charge is 0.478 e. The zero-order valence-electron chi connectivity index (χ0n) is 14.7. The summed E-state index contributed by atoms with van der Waals surface area (Å²) in [5.74, 6) is 1.38. The Morgan fingerprint density at radius 3 is 2.26 bits per heavy atom. The minimum Gasteiger partial charge on any atom is -0.478 e. The summed E-state index contributed by atoms with van der Waals surface area (Å²) in [5.41, 5.74) is 0.579. The zero-order valence-corrected chi connectivity index (χ0v) is 15.5. The Bertz CT molecular complexity index is 1080. The second-order valence-corrected chi connectivity index (χ2v) is 8.34. The average molecular weight is 387 g/mol. The molecule has 7 nitrogen and oxygen atoms in total. The molecule has 0 spiro atoms. The van der Waals surface area contributed by atoms with Gasteiger partial charge in [-0.1, -0.05) is 6.07 Å². The van der Waals surface area contributed by atoms with Gasteiger partial charge >= 0.3 is 0 Å². The Kier molecular flexibility index (Phi) is 3.79. The fourth-order valence-corrected chi connectivity index (χ4v) is 3.59. The maximum absolute atomic E-state index is 13.0. The summed E-state index contributed by atoms with van der Waals surface area (Å²) in [7, 11) is -3.80. The highest BCUT2D eigenvalue weighted by Crippen LogP contribution is 2.43. The van der Waals surface area contributed by atoms with E-state index < -0.39 is 15.6 Å². The van der Waals surface area contributed by atoms with Crippen molar-refractivity contribution in [1.82, 2.24) is 0 Å². The van der Waals surface area contributed by atoms with Gasteiger partial charge in [0.15, 0.2) is 17.1 Å². The Hall–Kier alpha value is -2.84. The van der Waals surface area contributed by atoms with Crippen LogP contribution in [-0.4, -0.2) is 26.6 Å². The van der Waals surface area contributed by atoms with Crippen molar-refractivity contribution in [2.75, 3.05) is 6.79 Å². The van der Waals surface area contributed by atoms with Crippen LogP contribution in [0.2, 0.25) is 0 Å². The van der Waals surface area contributed by atoms with E-state index in [0.29, 0.717) is 34.0 Å². The standard InChI is InChI=1S/C19H17NO6S/c1-19(2)18(21)16(12-5-8-14-15(9-12)25-10-24-14)17(26-19)11-3-6-13(7-4-11)27(20,22)23/h3-9H,10H2,1-2H3,(H2,20,22,23). The summed E-state index contributed by atoms with van der Waals surface area (Å²) in [5, 5.41) is 5.14. The van der Waals surface area contributed by atoms with E-state index in [9.17, 15) is 13.2 Å². The van der Waals surface area contributed by atoms with Crippen molar-refractivity contribution in [3.8, 4) is 11.5 Å². The molecule has 0 saturated carbocycles. The third-order valence-electron chi connectivity index (χ3n) is 4.46. The van der Waals surface area contributed by atoms with Gasteiger partial charge in [-0.2, -0.15) is 0 Å². The lowest BCUT2D eigenvalue weighted by atomic mass is 9.92. The Balaban J connectivity index is 1.85. The van der Waals surface area contributed by atoms with Gasteiger partial charge in [0.1, 0.15) is 5.76 Å². The Morgan fingerprint density at radius 2 is 1.59 bits per heavy atom. The summed E-state index contributed by atoms with van der Waals surface area (Å²) in [4.78, 5) is 13.0. The lowest BCUT2D eigenvalue weighted by molar-refractivity contribution is -0.125. The molecule has 0 aromatic heterocycles. The van der Waals surface area contributed by atoms with E-state index in [1.54, 1.807) is 44.2 Å². The molecule has 0 aliphatic carbocycles. The van der Waals surface area contributed by atoms with Crippen molar-refractivity contribution in [3.63, 3.8) is 0 Å². The fraction of sp³-hybridized carbons (Fsp3) is 0.211. The third-order valence-corrected chi connectivity index (χ3v) is 5.39. The minimum atomic E-state index is -3.80. The number of hydrogen-bond donors (Lipinski definition) is 1. The average Bonchev–Trinajstić information content (AvgIpc) is 3.16. The van der Waals surface area contributed by atoms with Crippen LogP contribution in [0.3, 0.4) is 0 Å². The Morgan fingerprint density at radius 1 is 0.963 bits per heavy atom. The maximum Gasteiger partial charge on any atom is 0.238 e. The van der Waals surface area contributed by atoms with Crippen LogP contribution in [0.25, 0.3) is 11.3 Å². The molecular formula is C19H17NO6S. The van der Waals surface area contributed by atoms with Gasteiger partial charge in [0, 0.05) is 5.56 Å². The van der Waals surface area contributed by atoms with Crippen LogP contribution in [0.15, 0.2) is 47.4 Å². The van der Waals surface area contributed by atoms with E-state index in [0.717, 1.165) is 0 Å². The van der Waals surface area contributed by atoms with Gasteiger partial charge in [-0.3, -0.25) is 4.79 Å². The van der Waals surface area contributed by atoms with Gasteiger partial charge < -0.3 is 14.2 Å². The SMILES string of the molecule is CC1(C)OC(c2ccc(S(N)(=O)=O)cc2)=C(c2ccc3c(c2)OCO3)C1=O. The van der Waals surface area contributed by atoms with Crippen molar-refractivity contribution in [2.24, 2.45) is 5.14 Å². The van der Waals surface area contributed by atoms with Gasteiger partial charge in [-0.05, 0) is 55.8 Å². The molecule has 0 unspecified atom stereocenters. The lowest BCUT2D eigenvalue weighted by Crippen LogP contribution is -2.29. The molecule has 2 aliphatic rings. The van der Waals surface area contributed by atoms with Crippen LogP contribution in [0.4, 0.5) is 0 Å². The first-order chi connectivity index (χ1) is 12.7. The van der Waals surface area contributed by atoms with Gasteiger partial charge in [0.25, 0.3) is 0 Å². The van der Waals surface area contributed by atoms with Crippen molar-refractivity contribution in [2.45, 2.75) is 24.3 Å². The number of ketones is 1. The van der Waals surface area contributed by atoms with Crippen LogP contribution in [0.5, 0.6) is 11.5 Å². The minimum absolute atomic E-state index is 0.0138. The smallest absolute Gasteiger partial charge is 0.238 e. The van der Waals surface area contributed by atoms with Gasteiger partial charge in [-0.25, -0.2) is 13.6 Å². The highest BCUT2D eigenvalue weighted by atomic mass is 32.2. The molecule has 140 valence electrons. The monoisotopic (exact) mass is 387 g/mol. The first kappa shape index (κ1) is 17.6. The number of carbonyl (C=O) groups is 1. The summed E-state index contributed by atoms with van der Waals surface area (Å²) >= 11 is 0. The second kappa shape index (κ2) is 5.83. The van der Waals surface area contributed by atoms with Gasteiger partial charge in [-0.15, -0.1) is 0 Å². The summed E-state index contributed by atoms with van der Waals surface area (Å²) < 4.78 is 39.6. The van der Waals surface area contributed by atoms with Crippen LogP contribution in [0, 0.1) is 0 Å². The molecule has 2 aromatic carbocycles. The molecule has 0 amide bonds. The van der Waals surface area contributed by atoms with E-state index in [1.165, 1.54) is 12.1 Å². The fourth-order valence-electron chi connectivity index (χ4n) is 3.07. The molecule has 2 aliphatic heterocycles.